The molecule has 1 heterocycles. The van der Waals surface area contributed by atoms with Crippen LogP contribution < -0.4 is 20.7 Å². The van der Waals surface area contributed by atoms with Crippen molar-refractivity contribution < 1.29 is 4.74 Å². The number of hydrogen-bond donors (Lipinski definition) is 3. The van der Waals surface area contributed by atoms with E-state index in [1.807, 2.05) is 38.1 Å². The molecule has 2 rings (SSSR count). The van der Waals surface area contributed by atoms with E-state index in [0.29, 0.717) is 17.8 Å². The highest BCUT2D eigenvalue weighted by atomic mass is 16.5. The SMILES string of the molecule is CCNc1nc(NCC)nc(Nc2ccc(OC)cc2)n1. The van der Waals surface area contributed by atoms with Gasteiger partial charge in [-0.25, -0.2) is 0 Å². The maximum absolute atomic E-state index is 5.13. The lowest BCUT2D eigenvalue weighted by Crippen LogP contribution is -2.10. The molecule has 7 heteroatoms. The Balaban J connectivity index is 2.20. The third-order valence-corrected chi connectivity index (χ3v) is 2.65. The van der Waals surface area contributed by atoms with Crippen LogP contribution in [0.25, 0.3) is 0 Å². The van der Waals surface area contributed by atoms with Crippen molar-refractivity contribution in [2.75, 3.05) is 36.1 Å². The fourth-order valence-corrected chi connectivity index (χ4v) is 1.71. The van der Waals surface area contributed by atoms with Gasteiger partial charge in [0, 0.05) is 18.8 Å². The van der Waals surface area contributed by atoms with E-state index in [-0.39, 0.29) is 0 Å². The summed E-state index contributed by atoms with van der Waals surface area (Å²) in [6.45, 7) is 5.48. The van der Waals surface area contributed by atoms with Crippen LogP contribution in [0.5, 0.6) is 5.75 Å². The molecule has 3 N–H and O–H groups in total. The zero-order chi connectivity index (χ0) is 15.1. The summed E-state index contributed by atoms with van der Waals surface area (Å²) in [5.41, 5.74) is 0.881. The number of nitrogens with one attached hydrogen (secondary N) is 3. The summed E-state index contributed by atoms with van der Waals surface area (Å²) >= 11 is 0. The van der Waals surface area contributed by atoms with Gasteiger partial charge in [0.15, 0.2) is 0 Å². The predicted molar refractivity (Wildman–Crippen MR) is 84.4 cm³/mol. The van der Waals surface area contributed by atoms with E-state index < -0.39 is 0 Å². The highest BCUT2D eigenvalue weighted by Gasteiger charge is 2.06. The molecule has 0 radical (unpaired) electrons. The number of anilines is 4. The smallest absolute Gasteiger partial charge is 0.233 e. The van der Waals surface area contributed by atoms with Crippen molar-refractivity contribution >= 4 is 23.5 Å². The first kappa shape index (κ1) is 14.8. The molecule has 0 amide bonds. The molecule has 21 heavy (non-hydrogen) atoms. The summed E-state index contributed by atoms with van der Waals surface area (Å²) < 4.78 is 5.13. The highest BCUT2D eigenvalue weighted by Crippen LogP contribution is 2.19. The molecule has 1 aromatic heterocycles. The third-order valence-electron chi connectivity index (χ3n) is 2.65. The van der Waals surface area contributed by atoms with E-state index in [9.17, 15) is 0 Å². The molecule has 0 aliphatic carbocycles. The Hall–Kier alpha value is -2.57. The number of nitrogens with zero attached hydrogens (tertiary/aromatic N) is 3. The monoisotopic (exact) mass is 288 g/mol. The number of benzene rings is 1. The first-order valence-electron chi connectivity index (χ1n) is 6.90. The Morgan fingerprint density at radius 3 is 1.86 bits per heavy atom. The molecule has 0 fully saturated rings. The van der Waals surface area contributed by atoms with E-state index >= 15 is 0 Å². The van der Waals surface area contributed by atoms with Crippen molar-refractivity contribution in [1.29, 1.82) is 0 Å². The molecule has 0 saturated carbocycles. The summed E-state index contributed by atoms with van der Waals surface area (Å²) in [6.07, 6.45) is 0. The first-order chi connectivity index (χ1) is 10.2. The van der Waals surface area contributed by atoms with Crippen LogP contribution in [0.2, 0.25) is 0 Å². The van der Waals surface area contributed by atoms with Gasteiger partial charge in [-0.2, -0.15) is 15.0 Å². The van der Waals surface area contributed by atoms with Crippen molar-refractivity contribution in [3.8, 4) is 5.75 Å². The van der Waals surface area contributed by atoms with Gasteiger partial charge in [-0.15, -0.1) is 0 Å². The number of rotatable bonds is 7. The molecule has 1 aromatic carbocycles. The summed E-state index contributed by atoms with van der Waals surface area (Å²) in [5, 5.41) is 9.33. The minimum absolute atomic E-state index is 0.488. The van der Waals surface area contributed by atoms with Gasteiger partial charge in [-0.05, 0) is 38.1 Å². The molecular weight excluding hydrogens is 268 g/mol. The van der Waals surface area contributed by atoms with Gasteiger partial charge in [0.25, 0.3) is 0 Å². The maximum Gasteiger partial charge on any atom is 0.233 e. The van der Waals surface area contributed by atoms with Gasteiger partial charge in [0.1, 0.15) is 5.75 Å². The molecule has 7 nitrogen and oxygen atoms in total. The maximum atomic E-state index is 5.13. The molecular formula is C14H20N6O. The number of hydrogen-bond acceptors (Lipinski definition) is 7. The zero-order valence-electron chi connectivity index (χ0n) is 12.5. The summed E-state index contributed by atoms with van der Waals surface area (Å²) in [7, 11) is 1.64. The Labute approximate surface area is 124 Å². The van der Waals surface area contributed by atoms with Crippen LogP contribution in [0.1, 0.15) is 13.8 Å². The lowest BCUT2D eigenvalue weighted by atomic mass is 10.3. The van der Waals surface area contributed by atoms with Crippen LogP contribution in [0.4, 0.5) is 23.5 Å². The lowest BCUT2D eigenvalue weighted by molar-refractivity contribution is 0.415. The molecule has 0 aliphatic heterocycles. The Morgan fingerprint density at radius 1 is 0.857 bits per heavy atom. The lowest BCUT2D eigenvalue weighted by Gasteiger charge is -2.10. The fourth-order valence-electron chi connectivity index (χ4n) is 1.71. The number of ether oxygens (including phenoxy) is 1. The Kier molecular flexibility index (Phi) is 5.14. The van der Waals surface area contributed by atoms with Crippen molar-refractivity contribution in [3.63, 3.8) is 0 Å². The molecule has 0 spiro atoms. The average molecular weight is 288 g/mol. The van der Waals surface area contributed by atoms with E-state index in [1.165, 1.54) is 0 Å². The van der Waals surface area contributed by atoms with Gasteiger partial charge < -0.3 is 20.7 Å². The summed E-state index contributed by atoms with van der Waals surface area (Å²) in [4.78, 5) is 12.9. The van der Waals surface area contributed by atoms with E-state index in [4.69, 9.17) is 4.74 Å². The second kappa shape index (κ2) is 7.28. The quantitative estimate of drug-likeness (QED) is 0.721. The summed E-state index contributed by atoms with van der Waals surface area (Å²) in [6, 6.07) is 7.56. The average Bonchev–Trinajstić information content (AvgIpc) is 2.48. The van der Waals surface area contributed by atoms with Crippen LogP contribution in [0, 0.1) is 0 Å². The number of methoxy groups -OCH3 is 1. The van der Waals surface area contributed by atoms with Crippen LogP contribution in [-0.4, -0.2) is 35.2 Å². The fraction of sp³-hybridized carbons (Fsp3) is 0.357. The van der Waals surface area contributed by atoms with Gasteiger partial charge >= 0.3 is 0 Å². The second-order valence-electron chi connectivity index (χ2n) is 4.22. The normalized spacial score (nSPS) is 10.0. The molecule has 0 bridgehead atoms. The van der Waals surface area contributed by atoms with Crippen molar-refractivity contribution in [1.82, 2.24) is 15.0 Å². The van der Waals surface area contributed by atoms with Crippen LogP contribution >= 0.6 is 0 Å². The Bertz CT molecular complexity index is 548. The van der Waals surface area contributed by atoms with E-state index in [2.05, 4.69) is 30.9 Å². The van der Waals surface area contributed by atoms with Gasteiger partial charge in [0.2, 0.25) is 17.8 Å². The van der Waals surface area contributed by atoms with Crippen molar-refractivity contribution in [2.45, 2.75) is 13.8 Å². The highest BCUT2D eigenvalue weighted by molar-refractivity contribution is 5.56. The Morgan fingerprint density at radius 2 is 1.38 bits per heavy atom. The molecule has 0 saturated heterocycles. The third kappa shape index (κ3) is 4.20. The zero-order valence-corrected chi connectivity index (χ0v) is 12.5. The molecule has 2 aromatic rings. The van der Waals surface area contributed by atoms with E-state index in [0.717, 1.165) is 24.5 Å². The first-order valence-corrected chi connectivity index (χ1v) is 6.90. The van der Waals surface area contributed by atoms with Crippen LogP contribution in [0.3, 0.4) is 0 Å². The van der Waals surface area contributed by atoms with Gasteiger partial charge in [0.05, 0.1) is 7.11 Å². The molecule has 0 aliphatic rings. The minimum atomic E-state index is 0.488. The van der Waals surface area contributed by atoms with Crippen LogP contribution in [0.15, 0.2) is 24.3 Å². The topological polar surface area (TPSA) is 84.0 Å². The summed E-state index contributed by atoms with van der Waals surface area (Å²) in [5.74, 6) is 2.37. The number of aromatic nitrogens is 3. The minimum Gasteiger partial charge on any atom is -0.497 e. The predicted octanol–water partition coefficient (Wildman–Crippen LogP) is 2.49. The van der Waals surface area contributed by atoms with Gasteiger partial charge in [-0.3, -0.25) is 0 Å². The molecule has 112 valence electrons. The standard InChI is InChI=1S/C14H20N6O/c1-4-15-12-18-13(16-5-2)20-14(19-12)17-10-6-8-11(21-3)9-7-10/h6-9H,4-5H2,1-3H3,(H3,15,16,17,18,19,20). The van der Waals surface area contributed by atoms with Crippen molar-refractivity contribution in [2.24, 2.45) is 0 Å². The van der Waals surface area contributed by atoms with Crippen LogP contribution in [-0.2, 0) is 0 Å². The molecule has 0 unspecified atom stereocenters. The molecule has 0 atom stereocenters. The largest absolute Gasteiger partial charge is 0.497 e. The second-order valence-corrected chi connectivity index (χ2v) is 4.22. The van der Waals surface area contributed by atoms with Crippen molar-refractivity contribution in [3.05, 3.63) is 24.3 Å². The van der Waals surface area contributed by atoms with E-state index in [1.54, 1.807) is 7.11 Å². The van der Waals surface area contributed by atoms with Gasteiger partial charge in [-0.1, -0.05) is 0 Å².